The Balaban J connectivity index is 1.68. The van der Waals surface area contributed by atoms with Crippen LogP contribution in [0.15, 0.2) is 41.2 Å². The molecule has 0 aliphatic heterocycles. The number of benzene rings is 1. The average molecular weight is 444 g/mol. The van der Waals surface area contributed by atoms with E-state index in [9.17, 15) is 0 Å². The van der Waals surface area contributed by atoms with E-state index in [0.717, 1.165) is 62.6 Å². The SMILES string of the molecule is COc1cc(-c2cn(CC3(C)CCCCC3)c3cc(-c4c(C)noc4C)cnc23)ccc1C. The number of rotatable bonds is 5. The van der Waals surface area contributed by atoms with Crippen LogP contribution in [0.3, 0.4) is 0 Å². The number of hydrogen-bond acceptors (Lipinski definition) is 4. The third kappa shape index (κ3) is 3.94. The molecule has 5 heteroatoms. The lowest BCUT2D eigenvalue weighted by molar-refractivity contribution is 0.185. The summed E-state index contributed by atoms with van der Waals surface area (Å²) in [7, 11) is 1.73. The first kappa shape index (κ1) is 21.7. The number of hydrogen-bond donors (Lipinski definition) is 0. The minimum atomic E-state index is 0.311. The van der Waals surface area contributed by atoms with Gasteiger partial charge in [-0.05, 0) is 62.3 Å². The van der Waals surface area contributed by atoms with E-state index < -0.39 is 0 Å². The van der Waals surface area contributed by atoms with Crippen LogP contribution in [0.25, 0.3) is 33.3 Å². The van der Waals surface area contributed by atoms with Crippen LogP contribution in [0.4, 0.5) is 0 Å². The first-order valence-corrected chi connectivity index (χ1v) is 12.0. The van der Waals surface area contributed by atoms with Crippen molar-refractivity contribution >= 4 is 11.0 Å². The van der Waals surface area contributed by atoms with Crippen LogP contribution >= 0.6 is 0 Å². The fourth-order valence-electron chi connectivity index (χ4n) is 5.50. The third-order valence-electron chi connectivity index (χ3n) is 7.37. The Hall–Kier alpha value is -3.08. The van der Waals surface area contributed by atoms with Crippen molar-refractivity contribution in [3.8, 4) is 28.0 Å². The van der Waals surface area contributed by atoms with Crippen LogP contribution in [-0.2, 0) is 6.54 Å². The van der Waals surface area contributed by atoms with Crippen molar-refractivity contribution in [3.05, 3.63) is 53.7 Å². The van der Waals surface area contributed by atoms with Gasteiger partial charge in [-0.15, -0.1) is 0 Å². The van der Waals surface area contributed by atoms with E-state index in [1.54, 1.807) is 7.11 Å². The smallest absolute Gasteiger partial charge is 0.141 e. The summed E-state index contributed by atoms with van der Waals surface area (Å²) in [5, 5.41) is 4.16. The van der Waals surface area contributed by atoms with Crippen molar-refractivity contribution in [2.75, 3.05) is 7.11 Å². The molecule has 1 aromatic carbocycles. The molecule has 3 heterocycles. The van der Waals surface area contributed by atoms with Crippen LogP contribution in [-0.4, -0.2) is 21.8 Å². The van der Waals surface area contributed by atoms with Crippen molar-refractivity contribution in [2.45, 2.75) is 66.3 Å². The van der Waals surface area contributed by atoms with E-state index >= 15 is 0 Å². The molecule has 1 saturated carbocycles. The zero-order chi connectivity index (χ0) is 23.2. The molecule has 0 saturated heterocycles. The van der Waals surface area contributed by atoms with E-state index in [-0.39, 0.29) is 0 Å². The fourth-order valence-corrected chi connectivity index (χ4v) is 5.50. The largest absolute Gasteiger partial charge is 0.496 e. The Morgan fingerprint density at radius 2 is 1.85 bits per heavy atom. The Kier molecular flexibility index (Phi) is 5.51. The molecule has 1 fully saturated rings. The number of ether oxygens (including phenoxy) is 1. The molecule has 0 atom stereocenters. The molecule has 0 N–H and O–H groups in total. The van der Waals surface area contributed by atoms with Gasteiger partial charge in [-0.1, -0.05) is 43.5 Å². The lowest BCUT2D eigenvalue weighted by Gasteiger charge is -2.34. The molecule has 4 aromatic rings. The first-order valence-electron chi connectivity index (χ1n) is 12.0. The molecular weight excluding hydrogens is 410 g/mol. The summed E-state index contributed by atoms with van der Waals surface area (Å²) in [4.78, 5) is 4.98. The minimum Gasteiger partial charge on any atom is -0.496 e. The maximum atomic E-state index is 5.61. The highest BCUT2D eigenvalue weighted by atomic mass is 16.5. The summed E-state index contributed by atoms with van der Waals surface area (Å²) >= 11 is 0. The second kappa shape index (κ2) is 8.36. The predicted octanol–water partition coefficient (Wildman–Crippen LogP) is 7.26. The van der Waals surface area contributed by atoms with E-state index in [0.29, 0.717) is 5.41 Å². The van der Waals surface area contributed by atoms with Gasteiger partial charge in [-0.25, -0.2) is 0 Å². The Morgan fingerprint density at radius 3 is 2.55 bits per heavy atom. The van der Waals surface area contributed by atoms with E-state index in [1.165, 1.54) is 32.1 Å². The maximum absolute atomic E-state index is 5.61. The molecule has 172 valence electrons. The monoisotopic (exact) mass is 443 g/mol. The quantitative estimate of drug-likeness (QED) is 0.326. The summed E-state index contributed by atoms with van der Waals surface area (Å²) in [6.45, 7) is 9.47. The molecule has 1 aliphatic rings. The molecular formula is C28H33N3O2. The number of nitrogens with zero attached hydrogens (tertiary/aromatic N) is 3. The molecule has 5 rings (SSSR count). The normalized spacial score (nSPS) is 15.8. The lowest BCUT2D eigenvalue weighted by Crippen LogP contribution is -2.25. The summed E-state index contributed by atoms with van der Waals surface area (Å²) in [6, 6.07) is 8.68. The minimum absolute atomic E-state index is 0.311. The highest BCUT2D eigenvalue weighted by molar-refractivity contribution is 5.95. The molecule has 0 bridgehead atoms. The molecule has 5 nitrogen and oxygen atoms in total. The van der Waals surface area contributed by atoms with Crippen molar-refractivity contribution in [1.29, 1.82) is 0 Å². The fraction of sp³-hybridized carbons (Fsp3) is 0.429. The van der Waals surface area contributed by atoms with Gasteiger partial charge in [0.2, 0.25) is 0 Å². The highest BCUT2D eigenvalue weighted by Crippen LogP contribution is 2.41. The summed E-state index contributed by atoms with van der Waals surface area (Å²) in [5.41, 5.74) is 8.90. The Bertz CT molecular complexity index is 1290. The zero-order valence-corrected chi connectivity index (χ0v) is 20.4. The summed E-state index contributed by atoms with van der Waals surface area (Å²) < 4.78 is 13.5. The van der Waals surface area contributed by atoms with Crippen molar-refractivity contribution < 1.29 is 9.26 Å². The highest BCUT2D eigenvalue weighted by Gasteiger charge is 2.28. The topological polar surface area (TPSA) is 53.1 Å². The number of methoxy groups -OCH3 is 1. The number of pyridine rings is 1. The number of fused-ring (bicyclic) bond motifs is 1. The van der Waals surface area contributed by atoms with Gasteiger partial charge in [-0.3, -0.25) is 4.98 Å². The van der Waals surface area contributed by atoms with Crippen LogP contribution in [0.5, 0.6) is 5.75 Å². The summed E-state index contributed by atoms with van der Waals surface area (Å²) in [5.74, 6) is 1.73. The van der Waals surface area contributed by atoms with E-state index in [4.69, 9.17) is 14.2 Å². The molecule has 33 heavy (non-hydrogen) atoms. The molecule has 3 aromatic heterocycles. The van der Waals surface area contributed by atoms with Crippen molar-refractivity contribution in [3.63, 3.8) is 0 Å². The van der Waals surface area contributed by atoms with Gasteiger partial charge in [0.25, 0.3) is 0 Å². The second-order valence-electron chi connectivity index (χ2n) is 10.0. The lowest BCUT2D eigenvalue weighted by atomic mass is 9.75. The molecule has 1 aliphatic carbocycles. The zero-order valence-electron chi connectivity index (χ0n) is 20.4. The van der Waals surface area contributed by atoms with Gasteiger partial charge < -0.3 is 13.8 Å². The van der Waals surface area contributed by atoms with Gasteiger partial charge in [0.15, 0.2) is 0 Å². The standard InChI is InChI=1S/C28H33N3O2/c1-18-9-10-21(14-25(18)32-5)23-16-31(17-28(4)11-7-6-8-12-28)24-13-22(15-29-27(23)24)26-19(2)30-33-20(26)3/h9-10,13-16H,6-8,11-12,17H2,1-5H3. The second-order valence-corrected chi connectivity index (χ2v) is 10.0. The summed E-state index contributed by atoms with van der Waals surface area (Å²) in [6.07, 6.45) is 10.8. The van der Waals surface area contributed by atoms with Gasteiger partial charge in [0, 0.05) is 35.6 Å². The molecule has 0 radical (unpaired) electrons. The van der Waals surface area contributed by atoms with Gasteiger partial charge in [0.05, 0.1) is 23.8 Å². The van der Waals surface area contributed by atoms with Crippen molar-refractivity contribution in [2.24, 2.45) is 5.41 Å². The van der Waals surface area contributed by atoms with E-state index in [1.807, 2.05) is 20.0 Å². The van der Waals surface area contributed by atoms with Crippen LogP contribution in [0.2, 0.25) is 0 Å². The van der Waals surface area contributed by atoms with Gasteiger partial charge in [-0.2, -0.15) is 0 Å². The predicted molar refractivity (Wildman–Crippen MR) is 133 cm³/mol. The number of aryl methyl sites for hydroxylation is 3. The molecule has 0 spiro atoms. The van der Waals surface area contributed by atoms with Gasteiger partial charge in [0.1, 0.15) is 11.5 Å². The van der Waals surface area contributed by atoms with Crippen LogP contribution < -0.4 is 4.74 Å². The maximum Gasteiger partial charge on any atom is 0.141 e. The number of aromatic nitrogens is 3. The average Bonchev–Trinajstić information content (AvgIpc) is 3.33. The Labute approximate surface area is 195 Å². The van der Waals surface area contributed by atoms with E-state index in [2.05, 4.69) is 54.0 Å². The first-order chi connectivity index (χ1) is 15.9. The van der Waals surface area contributed by atoms with Crippen LogP contribution in [0, 0.1) is 26.2 Å². The molecule has 0 unspecified atom stereocenters. The molecule has 0 amide bonds. The van der Waals surface area contributed by atoms with Crippen LogP contribution in [0.1, 0.15) is 56.0 Å². The van der Waals surface area contributed by atoms with Crippen molar-refractivity contribution in [1.82, 2.24) is 14.7 Å². The Morgan fingerprint density at radius 1 is 1.06 bits per heavy atom. The third-order valence-corrected chi connectivity index (χ3v) is 7.37. The van der Waals surface area contributed by atoms with Gasteiger partial charge >= 0.3 is 0 Å².